The van der Waals surface area contributed by atoms with E-state index < -0.39 is 50.3 Å². The van der Waals surface area contributed by atoms with Crippen LogP contribution in [0.1, 0.15) is 33.6 Å². The first kappa shape index (κ1) is 17.1. The summed E-state index contributed by atoms with van der Waals surface area (Å²) in [5.74, 6) is -1.86. The van der Waals surface area contributed by atoms with Crippen LogP contribution in [0.4, 0.5) is 8.78 Å². The third-order valence-electron chi connectivity index (χ3n) is 5.16. The van der Waals surface area contributed by atoms with Crippen molar-refractivity contribution in [2.24, 2.45) is 10.8 Å². The molecule has 1 aliphatic carbocycles. The fraction of sp³-hybridized carbons (Fsp3) is 0.833. The van der Waals surface area contributed by atoms with Gasteiger partial charge in [-0.15, -0.1) is 0 Å². The lowest BCUT2D eigenvalue weighted by molar-refractivity contribution is -0.186. The molecule has 1 saturated carbocycles. The van der Waals surface area contributed by atoms with E-state index in [1.807, 2.05) is 0 Å². The van der Waals surface area contributed by atoms with Crippen molar-refractivity contribution in [3.8, 4) is 0 Å². The van der Waals surface area contributed by atoms with E-state index in [0.29, 0.717) is 6.42 Å². The molecule has 0 aromatic carbocycles. The summed E-state index contributed by atoms with van der Waals surface area (Å²) in [7, 11) is -5.71. The van der Waals surface area contributed by atoms with E-state index in [1.54, 1.807) is 20.8 Å². The van der Waals surface area contributed by atoms with Crippen molar-refractivity contribution >= 4 is 22.1 Å². The molecule has 2 atom stereocenters. The average molecular weight is 342 g/mol. The molecule has 1 aliphatic heterocycles. The number of carbonyl (C=O) groups excluding carboxylic acids is 2. The van der Waals surface area contributed by atoms with Gasteiger partial charge in [-0.3, -0.25) is 9.35 Å². The Bertz CT molecular complexity index is 642. The van der Waals surface area contributed by atoms with Crippen LogP contribution < -0.4 is 0 Å². The number of alkyl halides is 2. The van der Waals surface area contributed by atoms with Gasteiger partial charge in [0.05, 0.1) is 5.41 Å². The molecule has 2 rings (SSSR count). The molecule has 2 aliphatic rings. The average Bonchev–Trinajstić information content (AvgIpc) is 2.65. The summed E-state index contributed by atoms with van der Waals surface area (Å²) in [5, 5.41) is -4.63. The summed E-state index contributed by atoms with van der Waals surface area (Å²) in [6.45, 7) is 2.95. The zero-order chi connectivity index (χ0) is 17.2. The molecule has 2 unspecified atom stereocenters. The fourth-order valence-corrected chi connectivity index (χ4v) is 3.25. The molecular weight excluding hydrogens is 326 g/mol. The molecule has 2 bridgehead atoms. The zero-order valence-electron chi connectivity index (χ0n) is 12.2. The first-order valence-corrected chi connectivity index (χ1v) is 7.91. The van der Waals surface area contributed by atoms with E-state index in [0.717, 1.165) is 0 Å². The number of fused-ring (bicyclic) bond motifs is 2. The molecule has 1 N–H and O–H groups in total. The number of hydrogen-bond acceptors (Lipinski definition) is 6. The Kier molecular flexibility index (Phi) is 3.40. The van der Waals surface area contributed by atoms with E-state index in [1.165, 1.54) is 0 Å². The maximum absolute atomic E-state index is 13.1. The quantitative estimate of drug-likeness (QED) is 0.603. The SMILES string of the molecule is CC12CCC(C(=O)OCC(F)(F)S(=O)(=O)O)(OC1=O)C2(C)C. The Morgan fingerprint density at radius 2 is 1.91 bits per heavy atom. The number of hydrogen-bond donors (Lipinski definition) is 1. The van der Waals surface area contributed by atoms with Crippen molar-refractivity contribution < 1.29 is 40.8 Å². The van der Waals surface area contributed by atoms with Gasteiger partial charge in [0, 0.05) is 5.41 Å². The standard InChI is InChI=1S/C12H16F2O7S/c1-9(2)10(3)4-5-11(9,21-7(10)15)8(16)20-6-12(13,14)22(17,18)19/h4-6H2,1-3H3,(H,17,18,19). The fourth-order valence-electron chi connectivity index (χ4n) is 3.04. The van der Waals surface area contributed by atoms with Crippen LogP contribution in [0.25, 0.3) is 0 Å². The van der Waals surface area contributed by atoms with Crippen LogP contribution in [-0.2, 0) is 29.2 Å². The molecule has 22 heavy (non-hydrogen) atoms. The van der Waals surface area contributed by atoms with Crippen molar-refractivity contribution in [1.82, 2.24) is 0 Å². The van der Waals surface area contributed by atoms with Gasteiger partial charge in [0.2, 0.25) is 5.60 Å². The molecule has 1 saturated heterocycles. The molecule has 126 valence electrons. The van der Waals surface area contributed by atoms with E-state index in [4.69, 9.17) is 9.29 Å². The summed E-state index contributed by atoms with van der Waals surface area (Å²) in [5.41, 5.74) is -3.67. The predicted molar refractivity (Wildman–Crippen MR) is 67.4 cm³/mol. The second kappa shape index (κ2) is 4.38. The van der Waals surface area contributed by atoms with E-state index in [2.05, 4.69) is 4.74 Å². The maximum Gasteiger partial charge on any atom is 0.402 e. The van der Waals surface area contributed by atoms with Crippen molar-refractivity contribution in [1.29, 1.82) is 0 Å². The molecule has 0 aromatic rings. The van der Waals surface area contributed by atoms with Gasteiger partial charge in [0.15, 0.2) is 6.61 Å². The highest BCUT2D eigenvalue weighted by atomic mass is 32.2. The van der Waals surface area contributed by atoms with Crippen molar-refractivity contribution in [2.45, 2.75) is 44.5 Å². The number of esters is 2. The summed E-state index contributed by atoms with van der Waals surface area (Å²) < 4.78 is 65.1. The van der Waals surface area contributed by atoms with Crippen LogP contribution in [0.5, 0.6) is 0 Å². The first-order chi connectivity index (χ1) is 9.71. The number of carbonyl (C=O) groups is 2. The van der Waals surface area contributed by atoms with Gasteiger partial charge in [0.25, 0.3) is 0 Å². The molecule has 0 aromatic heterocycles. The normalized spacial score (nSPS) is 33.6. The molecule has 2 fully saturated rings. The maximum atomic E-state index is 13.1. The molecule has 0 amide bonds. The van der Waals surface area contributed by atoms with E-state index >= 15 is 0 Å². The summed E-state index contributed by atoms with van der Waals surface area (Å²) in [6.07, 6.45) is 0.418. The zero-order valence-corrected chi connectivity index (χ0v) is 13.0. The molecule has 10 heteroatoms. The van der Waals surface area contributed by atoms with Crippen LogP contribution in [0.3, 0.4) is 0 Å². The summed E-state index contributed by atoms with van der Waals surface area (Å²) in [4.78, 5) is 24.1. The summed E-state index contributed by atoms with van der Waals surface area (Å²) in [6, 6.07) is 0. The Labute approximate surface area is 125 Å². The Morgan fingerprint density at radius 3 is 2.27 bits per heavy atom. The number of ether oxygens (including phenoxy) is 2. The van der Waals surface area contributed by atoms with Gasteiger partial charge >= 0.3 is 27.3 Å². The number of rotatable bonds is 4. The second-order valence-electron chi connectivity index (χ2n) is 6.36. The van der Waals surface area contributed by atoms with E-state index in [9.17, 15) is 26.8 Å². The van der Waals surface area contributed by atoms with Gasteiger partial charge < -0.3 is 9.47 Å². The van der Waals surface area contributed by atoms with Gasteiger partial charge in [-0.1, -0.05) is 13.8 Å². The molecule has 7 nitrogen and oxygen atoms in total. The van der Waals surface area contributed by atoms with Crippen molar-refractivity contribution in [3.63, 3.8) is 0 Å². The topological polar surface area (TPSA) is 107 Å². The monoisotopic (exact) mass is 342 g/mol. The van der Waals surface area contributed by atoms with Gasteiger partial charge in [-0.25, -0.2) is 4.79 Å². The Balaban J connectivity index is 2.23. The molecule has 0 spiro atoms. The Hall–Kier alpha value is -1.29. The highest BCUT2D eigenvalue weighted by Gasteiger charge is 2.76. The smallest absolute Gasteiger partial charge is 0.402 e. The minimum atomic E-state index is -5.71. The van der Waals surface area contributed by atoms with Crippen LogP contribution in [-0.4, -0.2) is 42.4 Å². The van der Waals surface area contributed by atoms with Crippen LogP contribution in [0.2, 0.25) is 0 Å². The highest BCUT2D eigenvalue weighted by molar-refractivity contribution is 7.86. The highest BCUT2D eigenvalue weighted by Crippen LogP contribution is 2.65. The van der Waals surface area contributed by atoms with Crippen LogP contribution in [0.15, 0.2) is 0 Å². The minimum absolute atomic E-state index is 0.0958. The van der Waals surface area contributed by atoms with Crippen LogP contribution >= 0.6 is 0 Å². The van der Waals surface area contributed by atoms with Gasteiger partial charge in [-0.2, -0.15) is 17.2 Å². The Morgan fingerprint density at radius 1 is 1.36 bits per heavy atom. The molecule has 0 radical (unpaired) electrons. The molecular formula is C12H16F2O7S. The molecule has 1 heterocycles. The third kappa shape index (κ3) is 1.89. The third-order valence-corrected chi connectivity index (χ3v) is 6.03. The predicted octanol–water partition coefficient (Wildman–Crippen LogP) is 1.13. The van der Waals surface area contributed by atoms with Gasteiger partial charge in [0.1, 0.15) is 0 Å². The number of halogens is 2. The lowest BCUT2D eigenvalue weighted by Crippen LogP contribution is -2.50. The minimum Gasteiger partial charge on any atom is -0.455 e. The van der Waals surface area contributed by atoms with Crippen molar-refractivity contribution in [2.75, 3.05) is 6.61 Å². The van der Waals surface area contributed by atoms with E-state index in [-0.39, 0.29) is 6.42 Å². The largest absolute Gasteiger partial charge is 0.455 e. The summed E-state index contributed by atoms with van der Waals surface area (Å²) >= 11 is 0. The van der Waals surface area contributed by atoms with Crippen LogP contribution in [0, 0.1) is 10.8 Å². The first-order valence-electron chi connectivity index (χ1n) is 6.47. The van der Waals surface area contributed by atoms with Crippen molar-refractivity contribution in [3.05, 3.63) is 0 Å². The van der Waals surface area contributed by atoms with Gasteiger partial charge in [-0.05, 0) is 19.8 Å². The lowest BCUT2D eigenvalue weighted by Gasteiger charge is -2.34. The lowest BCUT2D eigenvalue weighted by atomic mass is 9.66. The second-order valence-corrected chi connectivity index (χ2v) is 7.91.